The summed E-state index contributed by atoms with van der Waals surface area (Å²) in [5.74, 6) is 0.711. The third kappa shape index (κ3) is 4.86. The molecule has 9 aromatic carbocycles. The van der Waals surface area contributed by atoms with Crippen molar-refractivity contribution in [2.24, 2.45) is 0 Å². The van der Waals surface area contributed by atoms with E-state index in [1.165, 1.54) is 68.2 Å². The van der Waals surface area contributed by atoms with E-state index in [9.17, 15) is 0 Å². The van der Waals surface area contributed by atoms with Gasteiger partial charge in [0.1, 0.15) is 0 Å². The smallest absolute Gasteiger partial charge is 0.160 e. The van der Waals surface area contributed by atoms with Crippen LogP contribution in [0.4, 0.5) is 0 Å². The Bertz CT molecular complexity index is 3840. The van der Waals surface area contributed by atoms with Crippen molar-refractivity contribution >= 4 is 106 Å². The van der Waals surface area contributed by atoms with Gasteiger partial charge < -0.3 is 4.57 Å². The standard InChI is InChI=1S/C54H31N3S2/c1-3-15-32(16-4-1)35-29-36(54-55-48(34-18-5-2-6-19-34)53-49(56-54)42-24-12-14-26-45(42)58-53)31-37(30-35)57-44-25-13-11-23-41(44)46-47-43-28-27-33-17-7-8-20-38(33)51(43)59-52(47)40-22-10-9-21-39(40)50(46)57/h1-31H. The first kappa shape index (κ1) is 32.9. The predicted octanol–water partition coefficient (Wildman–Crippen LogP) is 15.6. The van der Waals surface area contributed by atoms with Crippen LogP contribution >= 0.6 is 22.7 Å². The van der Waals surface area contributed by atoms with Crippen molar-refractivity contribution in [2.45, 2.75) is 0 Å². The minimum Gasteiger partial charge on any atom is -0.309 e. The molecule has 0 fully saturated rings. The molecule has 0 N–H and O–H groups in total. The molecule has 0 unspecified atom stereocenters. The number of aromatic nitrogens is 3. The molecule has 274 valence electrons. The zero-order valence-electron chi connectivity index (χ0n) is 31.6. The fourth-order valence-electron chi connectivity index (χ4n) is 9.35. The molecule has 0 atom stereocenters. The van der Waals surface area contributed by atoms with Crippen molar-refractivity contribution in [3.05, 3.63) is 188 Å². The van der Waals surface area contributed by atoms with Gasteiger partial charge in [-0.25, -0.2) is 9.97 Å². The van der Waals surface area contributed by atoms with Gasteiger partial charge >= 0.3 is 0 Å². The fraction of sp³-hybridized carbons (Fsp3) is 0. The molecule has 4 heterocycles. The van der Waals surface area contributed by atoms with Gasteiger partial charge in [-0.2, -0.15) is 0 Å². The average Bonchev–Trinajstić information content (AvgIpc) is 4.00. The molecule has 0 spiro atoms. The van der Waals surface area contributed by atoms with Crippen molar-refractivity contribution in [3.63, 3.8) is 0 Å². The van der Waals surface area contributed by atoms with Crippen molar-refractivity contribution < 1.29 is 0 Å². The summed E-state index contributed by atoms with van der Waals surface area (Å²) < 4.78 is 7.49. The summed E-state index contributed by atoms with van der Waals surface area (Å²) in [5, 5.41) is 11.4. The van der Waals surface area contributed by atoms with E-state index in [0.717, 1.165) is 49.2 Å². The maximum Gasteiger partial charge on any atom is 0.160 e. The van der Waals surface area contributed by atoms with Gasteiger partial charge in [0.15, 0.2) is 5.82 Å². The first-order valence-electron chi connectivity index (χ1n) is 19.9. The predicted molar refractivity (Wildman–Crippen MR) is 253 cm³/mol. The van der Waals surface area contributed by atoms with Crippen LogP contribution in [0.5, 0.6) is 0 Å². The highest BCUT2D eigenvalue weighted by Crippen LogP contribution is 2.50. The molecular formula is C54H31N3S2. The lowest BCUT2D eigenvalue weighted by Gasteiger charge is -2.15. The normalized spacial score (nSPS) is 12.1. The second kappa shape index (κ2) is 12.7. The molecule has 13 rings (SSSR count). The molecule has 59 heavy (non-hydrogen) atoms. The van der Waals surface area contributed by atoms with Crippen LogP contribution in [-0.2, 0) is 0 Å². The largest absolute Gasteiger partial charge is 0.309 e. The highest BCUT2D eigenvalue weighted by molar-refractivity contribution is 7.28. The summed E-state index contributed by atoms with van der Waals surface area (Å²) in [6, 6.07) is 68.1. The number of fused-ring (bicyclic) bond motifs is 15. The monoisotopic (exact) mass is 785 g/mol. The molecule has 5 heteroatoms. The SMILES string of the molecule is c1ccc(-c2cc(-c3nc(-c4ccccc4)c4sc5ccccc5c4n3)cc(-n3c4ccccc4c4c5c6ccc7ccccc7c6sc5c5ccccc5c43)c2)cc1. The van der Waals surface area contributed by atoms with Gasteiger partial charge in [-0.15, -0.1) is 22.7 Å². The number of benzene rings is 9. The van der Waals surface area contributed by atoms with E-state index >= 15 is 0 Å². The maximum absolute atomic E-state index is 5.45. The summed E-state index contributed by atoms with van der Waals surface area (Å²) >= 11 is 3.69. The fourth-order valence-corrected chi connectivity index (χ4v) is 11.9. The Hall–Kier alpha value is -7.18. The zero-order valence-corrected chi connectivity index (χ0v) is 33.2. The summed E-state index contributed by atoms with van der Waals surface area (Å²) in [6.07, 6.45) is 0. The van der Waals surface area contributed by atoms with E-state index in [-0.39, 0.29) is 0 Å². The molecule has 0 saturated carbocycles. The van der Waals surface area contributed by atoms with Gasteiger partial charge in [0, 0.05) is 68.6 Å². The van der Waals surface area contributed by atoms with E-state index in [0.29, 0.717) is 5.82 Å². The molecule has 0 amide bonds. The number of rotatable bonds is 4. The molecule has 0 saturated heterocycles. The van der Waals surface area contributed by atoms with Crippen LogP contribution in [0, 0.1) is 0 Å². The molecule has 3 nitrogen and oxygen atoms in total. The van der Waals surface area contributed by atoms with Crippen LogP contribution in [0.25, 0.3) is 123 Å². The topological polar surface area (TPSA) is 30.7 Å². The highest BCUT2D eigenvalue weighted by atomic mass is 32.1. The van der Waals surface area contributed by atoms with Crippen LogP contribution in [0.2, 0.25) is 0 Å². The Balaban J connectivity index is 1.17. The van der Waals surface area contributed by atoms with Crippen molar-refractivity contribution in [3.8, 4) is 39.5 Å². The van der Waals surface area contributed by atoms with Gasteiger partial charge in [0.05, 0.1) is 26.9 Å². The second-order valence-electron chi connectivity index (χ2n) is 15.3. The third-order valence-corrected chi connectivity index (χ3v) is 14.4. The van der Waals surface area contributed by atoms with Crippen LogP contribution in [0.3, 0.4) is 0 Å². The van der Waals surface area contributed by atoms with E-state index < -0.39 is 0 Å². The van der Waals surface area contributed by atoms with E-state index in [1.54, 1.807) is 11.3 Å². The summed E-state index contributed by atoms with van der Waals surface area (Å²) in [7, 11) is 0. The molecule has 0 aliphatic carbocycles. The van der Waals surface area contributed by atoms with Gasteiger partial charge in [0.25, 0.3) is 0 Å². The molecular weight excluding hydrogens is 755 g/mol. The van der Waals surface area contributed by atoms with Gasteiger partial charge in [-0.05, 0) is 52.2 Å². The van der Waals surface area contributed by atoms with E-state index in [1.807, 2.05) is 11.3 Å². The van der Waals surface area contributed by atoms with E-state index in [4.69, 9.17) is 9.97 Å². The minimum absolute atomic E-state index is 0.711. The lowest BCUT2D eigenvalue weighted by atomic mass is 9.98. The molecule has 13 aromatic rings. The molecule has 0 bridgehead atoms. The van der Waals surface area contributed by atoms with Crippen molar-refractivity contribution in [1.29, 1.82) is 0 Å². The number of thiophene rings is 2. The lowest BCUT2D eigenvalue weighted by molar-refractivity contribution is 1.18. The van der Waals surface area contributed by atoms with Crippen molar-refractivity contribution in [1.82, 2.24) is 14.5 Å². The van der Waals surface area contributed by atoms with Crippen LogP contribution < -0.4 is 0 Å². The number of nitrogens with zero attached hydrogens (tertiary/aromatic N) is 3. The molecule has 4 aromatic heterocycles. The highest BCUT2D eigenvalue weighted by Gasteiger charge is 2.24. The quantitative estimate of drug-likeness (QED) is 0.178. The summed E-state index contributed by atoms with van der Waals surface area (Å²) in [5.41, 5.74) is 9.71. The Kier molecular flexibility index (Phi) is 7.05. The maximum atomic E-state index is 5.45. The number of para-hydroxylation sites is 1. The second-order valence-corrected chi connectivity index (χ2v) is 17.3. The third-order valence-electron chi connectivity index (χ3n) is 11.9. The minimum atomic E-state index is 0.711. The summed E-state index contributed by atoms with van der Waals surface area (Å²) in [6.45, 7) is 0. The van der Waals surface area contributed by atoms with Gasteiger partial charge in [0.2, 0.25) is 0 Å². The number of hydrogen-bond acceptors (Lipinski definition) is 4. The summed E-state index contributed by atoms with van der Waals surface area (Å²) in [4.78, 5) is 10.9. The zero-order chi connectivity index (χ0) is 38.6. The Morgan fingerprint density at radius 3 is 1.88 bits per heavy atom. The first-order valence-corrected chi connectivity index (χ1v) is 21.5. The van der Waals surface area contributed by atoms with Gasteiger partial charge in [-0.3, -0.25) is 0 Å². The van der Waals surface area contributed by atoms with E-state index in [2.05, 4.69) is 193 Å². The Labute approximate surface area is 346 Å². The lowest BCUT2D eigenvalue weighted by Crippen LogP contribution is -1.99. The van der Waals surface area contributed by atoms with Gasteiger partial charge in [-0.1, -0.05) is 158 Å². The first-order chi connectivity index (χ1) is 29.3. The van der Waals surface area contributed by atoms with Crippen LogP contribution in [-0.4, -0.2) is 14.5 Å². The van der Waals surface area contributed by atoms with Crippen LogP contribution in [0.15, 0.2) is 188 Å². The molecule has 0 radical (unpaired) electrons. The van der Waals surface area contributed by atoms with Crippen LogP contribution in [0.1, 0.15) is 0 Å². The Morgan fingerprint density at radius 2 is 1.05 bits per heavy atom. The molecule has 0 aliphatic rings. The Morgan fingerprint density at radius 1 is 0.390 bits per heavy atom. The number of hydrogen-bond donors (Lipinski definition) is 0. The average molecular weight is 786 g/mol. The molecule has 0 aliphatic heterocycles. The van der Waals surface area contributed by atoms with Crippen molar-refractivity contribution in [2.75, 3.05) is 0 Å².